The van der Waals surface area contributed by atoms with Gasteiger partial charge in [0, 0.05) is 22.3 Å². The third-order valence-corrected chi connectivity index (χ3v) is 7.55. The summed E-state index contributed by atoms with van der Waals surface area (Å²) < 4.78 is 28.8. The first-order chi connectivity index (χ1) is 12.8. The van der Waals surface area contributed by atoms with Gasteiger partial charge in [0.05, 0.1) is 10.8 Å². The molecule has 1 fully saturated rings. The van der Waals surface area contributed by atoms with Crippen molar-refractivity contribution in [2.24, 2.45) is 5.92 Å². The summed E-state index contributed by atoms with van der Waals surface area (Å²) in [5, 5.41) is 2.91. The molecule has 0 unspecified atom stereocenters. The maximum absolute atomic E-state index is 13.1. The van der Waals surface area contributed by atoms with Crippen LogP contribution in [-0.4, -0.2) is 31.7 Å². The van der Waals surface area contributed by atoms with E-state index in [0.29, 0.717) is 24.3 Å². The lowest BCUT2D eigenvalue weighted by molar-refractivity contribution is -0.120. The summed E-state index contributed by atoms with van der Waals surface area (Å²) in [5.41, 5.74) is 2.37. The molecule has 0 spiro atoms. The molecule has 0 saturated carbocycles. The highest BCUT2D eigenvalue weighted by atomic mass is 127. The van der Waals surface area contributed by atoms with Gasteiger partial charge in [0.2, 0.25) is 15.9 Å². The maximum Gasteiger partial charge on any atom is 0.243 e. The summed E-state index contributed by atoms with van der Waals surface area (Å²) in [7, 11) is -3.61. The first-order valence-corrected chi connectivity index (χ1v) is 11.4. The Hall–Kier alpha value is -1.45. The Kier molecular flexibility index (Phi) is 6.22. The monoisotopic (exact) mass is 498 g/mol. The molecular weight excluding hydrogens is 475 g/mol. The normalized spacial score (nSPS) is 18.3. The minimum absolute atomic E-state index is 0.128. The van der Waals surface area contributed by atoms with Crippen LogP contribution in [0.5, 0.6) is 0 Å². The molecule has 0 aromatic heterocycles. The summed E-state index contributed by atoms with van der Waals surface area (Å²) in [4.78, 5) is 13.0. The molecule has 1 aliphatic heterocycles. The fourth-order valence-corrected chi connectivity index (χ4v) is 5.47. The Morgan fingerprint density at radius 2 is 1.85 bits per heavy atom. The lowest BCUT2D eigenvalue weighted by Gasteiger charge is -2.31. The van der Waals surface area contributed by atoms with Crippen LogP contribution in [0.1, 0.15) is 24.0 Å². The van der Waals surface area contributed by atoms with E-state index in [0.717, 1.165) is 20.4 Å². The van der Waals surface area contributed by atoms with Crippen LogP contribution in [0.25, 0.3) is 0 Å². The summed E-state index contributed by atoms with van der Waals surface area (Å²) in [6.45, 7) is 4.35. The van der Waals surface area contributed by atoms with Crippen LogP contribution in [0.2, 0.25) is 0 Å². The molecule has 27 heavy (non-hydrogen) atoms. The van der Waals surface area contributed by atoms with Crippen molar-refractivity contribution in [2.45, 2.75) is 31.6 Å². The van der Waals surface area contributed by atoms with Gasteiger partial charge in [-0.15, -0.1) is 0 Å². The number of aryl methyl sites for hydroxylation is 2. The molecular formula is C20H23IN2O3S. The molecule has 2 aromatic rings. The summed E-state index contributed by atoms with van der Waals surface area (Å²) >= 11 is 2.21. The third kappa shape index (κ3) is 4.70. The van der Waals surface area contributed by atoms with Gasteiger partial charge in [-0.3, -0.25) is 4.79 Å². The number of carbonyl (C=O) groups excluding carboxylic acids is 1. The number of carbonyl (C=O) groups is 1. The summed E-state index contributed by atoms with van der Waals surface area (Å²) in [6.07, 6.45) is 1.36. The largest absolute Gasteiger partial charge is 0.326 e. The van der Waals surface area contributed by atoms with Crippen molar-refractivity contribution < 1.29 is 13.2 Å². The molecule has 1 aliphatic rings. The number of amides is 1. The number of hydrogen-bond donors (Lipinski definition) is 1. The second kappa shape index (κ2) is 8.28. The van der Waals surface area contributed by atoms with E-state index in [-0.39, 0.29) is 18.4 Å². The first-order valence-electron chi connectivity index (χ1n) is 8.91. The molecule has 3 rings (SSSR count). The number of nitrogens with zero attached hydrogens (tertiary/aromatic N) is 1. The predicted molar refractivity (Wildman–Crippen MR) is 115 cm³/mol. The molecule has 1 N–H and O–H groups in total. The van der Waals surface area contributed by atoms with Gasteiger partial charge >= 0.3 is 0 Å². The van der Waals surface area contributed by atoms with Crippen molar-refractivity contribution in [1.29, 1.82) is 0 Å². The average molecular weight is 498 g/mol. The van der Waals surface area contributed by atoms with Gasteiger partial charge in [-0.25, -0.2) is 8.42 Å². The van der Waals surface area contributed by atoms with E-state index in [9.17, 15) is 13.2 Å². The Balaban J connectivity index is 1.76. The topological polar surface area (TPSA) is 66.5 Å². The molecule has 2 aromatic carbocycles. The van der Waals surface area contributed by atoms with Crippen LogP contribution in [0.4, 0.5) is 5.69 Å². The molecule has 1 heterocycles. The van der Waals surface area contributed by atoms with Crippen molar-refractivity contribution in [2.75, 3.05) is 18.4 Å². The van der Waals surface area contributed by atoms with Gasteiger partial charge in [0.25, 0.3) is 0 Å². The van der Waals surface area contributed by atoms with Crippen molar-refractivity contribution >= 4 is 44.2 Å². The van der Waals surface area contributed by atoms with Gasteiger partial charge < -0.3 is 5.32 Å². The number of hydrogen-bond acceptors (Lipinski definition) is 3. The number of anilines is 1. The lowest BCUT2D eigenvalue weighted by Crippen LogP contribution is -2.43. The third-order valence-electron chi connectivity index (χ3n) is 4.83. The molecule has 0 radical (unpaired) electrons. The highest BCUT2D eigenvalue weighted by Crippen LogP contribution is 2.27. The zero-order chi connectivity index (χ0) is 19.6. The SMILES string of the molecule is Cc1ccc(C)c(S(=O)(=O)N2CCC[C@@H](C(=O)Nc3ccc(I)cc3)C2)c1. The molecule has 7 heteroatoms. The molecule has 144 valence electrons. The second-order valence-electron chi connectivity index (χ2n) is 6.97. The minimum atomic E-state index is -3.61. The Morgan fingerprint density at radius 1 is 1.15 bits per heavy atom. The first kappa shape index (κ1) is 20.3. The van der Waals surface area contributed by atoms with E-state index in [1.807, 2.05) is 43.3 Å². The van der Waals surface area contributed by atoms with Crippen LogP contribution in [0.15, 0.2) is 47.4 Å². The van der Waals surface area contributed by atoms with E-state index in [4.69, 9.17) is 0 Å². The Labute approximate surface area is 174 Å². The van der Waals surface area contributed by atoms with Crippen molar-refractivity contribution in [3.63, 3.8) is 0 Å². The van der Waals surface area contributed by atoms with Crippen LogP contribution in [0, 0.1) is 23.3 Å². The van der Waals surface area contributed by atoms with E-state index in [2.05, 4.69) is 27.9 Å². The molecule has 5 nitrogen and oxygen atoms in total. The zero-order valence-corrected chi connectivity index (χ0v) is 18.4. The number of nitrogens with one attached hydrogen (secondary N) is 1. The van der Waals surface area contributed by atoms with Gasteiger partial charge in [0.1, 0.15) is 0 Å². The maximum atomic E-state index is 13.1. The van der Waals surface area contributed by atoms with Gasteiger partial charge in [-0.05, 0) is 90.7 Å². The highest BCUT2D eigenvalue weighted by molar-refractivity contribution is 14.1. The average Bonchev–Trinajstić information content (AvgIpc) is 2.65. The van der Waals surface area contributed by atoms with Gasteiger partial charge in [-0.1, -0.05) is 12.1 Å². The standard InChI is InChI=1S/C20H23IN2O3S/c1-14-5-6-15(2)19(12-14)27(25,26)23-11-3-4-16(13-23)20(24)22-18-9-7-17(21)8-10-18/h5-10,12,16H,3-4,11,13H2,1-2H3,(H,22,24)/t16-/m1/s1. The lowest BCUT2D eigenvalue weighted by atomic mass is 9.99. The number of sulfonamides is 1. The molecule has 0 aliphatic carbocycles. The quantitative estimate of drug-likeness (QED) is 0.650. The molecule has 1 saturated heterocycles. The summed E-state index contributed by atoms with van der Waals surface area (Å²) in [6, 6.07) is 13.0. The number of rotatable bonds is 4. The van der Waals surface area contributed by atoms with E-state index >= 15 is 0 Å². The van der Waals surface area contributed by atoms with Crippen LogP contribution < -0.4 is 5.32 Å². The number of piperidine rings is 1. The van der Waals surface area contributed by atoms with Crippen molar-refractivity contribution in [3.05, 3.63) is 57.2 Å². The Morgan fingerprint density at radius 3 is 2.56 bits per heavy atom. The number of benzene rings is 2. The second-order valence-corrected chi connectivity index (χ2v) is 10.1. The summed E-state index contributed by atoms with van der Waals surface area (Å²) in [5.74, 6) is -0.477. The highest BCUT2D eigenvalue weighted by Gasteiger charge is 2.34. The van der Waals surface area contributed by atoms with Gasteiger partial charge in [0.15, 0.2) is 0 Å². The Bertz CT molecular complexity index is 942. The van der Waals surface area contributed by atoms with E-state index in [1.165, 1.54) is 4.31 Å². The van der Waals surface area contributed by atoms with Crippen LogP contribution in [-0.2, 0) is 14.8 Å². The van der Waals surface area contributed by atoms with E-state index in [1.54, 1.807) is 13.0 Å². The molecule has 0 bridgehead atoms. The van der Waals surface area contributed by atoms with Crippen LogP contribution in [0.3, 0.4) is 0 Å². The smallest absolute Gasteiger partial charge is 0.243 e. The molecule has 1 amide bonds. The van der Waals surface area contributed by atoms with Crippen molar-refractivity contribution in [3.8, 4) is 0 Å². The predicted octanol–water partition coefficient (Wildman–Crippen LogP) is 3.95. The molecule has 1 atom stereocenters. The van der Waals surface area contributed by atoms with Gasteiger partial charge in [-0.2, -0.15) is 4.31 Å². The fourth-order valence-electron chi connectivity index (χ4n) is 3.28. The van der Waals surface area contributed by atoms with E-state index < -0.39 is 10.0 Å². The fraction of sp³-hybridized carbons (Fsp3) is 0.350. The zero-order valence-electron chi connectivity index (χ0n) is 15.4. The number of halogens is 1. The minimum Gasteiger partial charge on any atom is -0.326 e. The van der Waals surface area contributed by atoms with Crippen LogP contribution >= 0.6 is 22.6 Å². The van der Waals surface area contributed by atoms with Crippen molar-refractivity contribution in [1.82, 2.24) is 4.31 Å².